The van der Waals surface area contributed by atoms with Crippen molar-refractivity contribution in [1.29, 1.82) is 0 Å². The number of ether oxygens (including phenoxy) is 2. The largest absolute Gasteiger partial charge is 0.493 e. The number of hydrogen-bond donors (Lipinski definition) is 2. The Morgan fingerprint density at radius 2 is 1.92 bits per heavy atom. The Labute approximate surface area is 146 Å². The fourth-order valence-corrected chi connectivity index (χ4v) is 2.22. The van der Waals surface area contributed by atoms with Gasteiger partial charge in [0.15, 0.2) is 11.5 Å². The Balaban J connectivity index is 2.12. The van der Waals surface area contributed by atoms with Gasteiger partial charge in [-0.1, -0.05) is 18.2 Å². The molecule has 0 atom stereocenters. The van der Waals surface area contributed by atoms with Gasteiger partial charge in [-0.3, -0.25) is 9.59 Å². The number of rotatable bonds is 7. The lowest BCUT2D eigenvalue weighted by Crippen LogP contribution is -2.16. The summed E-state index contributed by atoms with van der Waals surface area (Å²) in [5.74, 6) is 0.253. The lowest BCUT2D eigenvalue weighted by atomic mass is 10.1. The molecule has 0 aliphatic rings. The van der Waals surface area contributed by atoms with Crippen molar-refractivity contribution in [2.45, 2.75) is 6.92 Å². The van der Waals surface area contributed by atoms with Crippen molar-refractivity contribution in [1.82, 2.24) is 0 Å². The first-order valence-electron chi connectivity index (χ1n) is 7.74. The van der Waals surface area contributed by atoms with Crippen molar-refractivity contribution in [3.8, 4) is 11.5 Å². The summed E-state index contributed by atoms with van der Waals surface area (Å²) in [6, 6.07) is 11.9. The van der Waals surface area contributed by atoms with Crippen molar-refractivity contribution < 1.29 is 19.1 Å². The molecule has 2 aromatic rings. The van der Waals surface area contributed by atoms with E-state index in [0.717, 1.165) is 5.56 Å². The number of methoxy groups -OCH3 is 1. The molecule has 2 rings (SSSR count). The minimum absolute atomic E-state index is 0.256. The molecular weight excluding hydrogens is 320 g/mol. The van der Waals surface area contributed by atoms with Gasteiger partial charge in [-0.2, -0.15) is 0 Å². The van der Waals surface area contributed by atoms with E-state index in [-0.39, 0.29) is 11.5 Å². The number of carbonyl (C=O) groups is 2. The second-order valence-corrected chi connectivity index (χ2v) is 5.08. The van der Waals surface area contributed by atoms with Crippen LogP contribution >= 0.6 is 0 Å². The molecule has 0 bridgehead atoms. The molecule has 0 aliphatic carbocycles. The summed E-state index contributed by atoms with van der Waals surface area (Å²) < 4.78 is 10.7. The van der Waals surface area contributed by atoms with Crippen molar-refractivity contribution in [3.05, 3.63) is 59.7 Å². The monoisotopic (exact) mass is 340 g/mol. The van der Waals surface area contributed by atoms with Gasteiger partial charge in [-0.15, -0.1) is 0 Å². The molecule has 0 aliphatic heterocycles. The predicted molar refractivity (Wildman–Crippen MR) is 96.8 cm³/mol. The smallest absolute Gasteiger partial charge is 0.250 e. The fourth-order valence-electron chi connectivity index (χ4n) is 2.22. The Hall–Kier alpha value is -3.28. The lowest BCUT2D eigenvalue weighted by Gasteiger charge is -2.09. The summed E-state index contributed by atoms with van der Waals surface area (Å²) in [6.45, 7) is 2.43. The average Bonchev–Trinajstić information content (AvgIpc) is 2.61. The molecule has 130 valence electrons. The number of anilines is 1. The SMILES string of the molecule is CCOc1ccc(/C=C/C(=O)Nc2ccccc2C(N)=O)cc1OC. The van der Waals surface area contributed by atoms with Gasteiger partial charge in [0.05, 0.1) is 25.0 Å². The molecule has 2 aromatic carbocycles. The molecule has 0 unspecified atom stereocenters. The third kappa shape index (κ3) is 4.84. The summed E-state index contributed by atoms with van der Waals surface area (Å²) in [4.78, 5) is 23.4. The van der Waals surface area contributed by atoms with Crippen molar-refractivity contribution in [2.75, 3.05) is 19.0 Å². The van der Waals surface area contributed by atoms with E-state index < -0.39 is 5.91 Å². The summed E-state index contributed by atoms with van der Waals surface area (Å²) in [6.07, 6.45) is 3.01. The maximum absolute atomic E-state index is 12.1. The van der Waals surface area contributed by atoms with Crippen LogP contribution in [-0.4, -0.2) is 25.5 Å². The molecule has 0 radical (unpaired) electrons. The summed E-state index contributed by atoms with van der Waals surface area (Å²) in [5, 5.41) is 2.64. The van der Waals surface area contributed by atoms with Crippen LogP contribution in [0.3, 0.4) is 0 Å². The number of hydrogen-bond acceptors (Lipinski definition) is 4. The molecule has 6 heteroatoms. The second kappa shape index (κ2) is 8.54. The van der Waals surface area contributed by atoms with E-state index in [4.69, 9.17) is 15.2 Å². The molecule has 0 saturated heterocycles. The maximum atomic E-state index is 12.1. The van der Waals surface area contributed by atoms with E-state index in [9.17, 15) is 9.59 Å². The van der Waals surface area contributed by atoms with Crippen molar-refractivity contribution >= 4 is 23.6 Å². The minimum Gasteiger partial charge on any atom is -0.493 e. The third-order valence-electron chi connectivity index (χ3n) is 3.37. The number of amides is 2. The first kappa shape index (κ1) is 18.1. The zero-order chi connectivity index (χ0) is 18.2. The van der Waals surface area contributed by atoms with Crippen LogP contribution in [0.5, 0.6) is 11.5 Å². The van der Waals surface area contributed by atoms with E-state index in [1.54, 1.807) is 49.6 Å². The summed E-state index contributed by atoms with van der Waals surface area (Å²) in [7, 11) is 1.55. The lowest BCUT2D eigenvalue weighted by molar-refractivity contribution is -0.111. The molecule has 0 fully saturated rings. The van der Waals surface area contributed by atoms with Crippen LogP contribution in [0.25, 0.3) is 6.08 Å². The molecular formula is C19H20N2O4. The number of carbonyl (C=O) groups excluding carboxylic acids is 2. The van der Waals surface area contributed by atoms with E-state index in [2.05, 4.69) is 5.32 Å². The Kier molecular flexibility index (Phi) is 6.17. The van der Waals surface area contributed by atoms with Gasteiger partial charge in [0.25, 0.3) is 5.91 Å². The first-order chi connectivity index (χ1) is 12.0. The Morgan fingerprint density at radius 1 is 1.16 bits per heavy atom. The third-order valence-corrected chi connectivity index (χ3v) is 3.37. The van der Waals surface area contributed by atoms with Crippen LogP contribution in [-0.2, 0) is 4.79 Å². The normalized spacial score (nSPS) is 10.5. The predicted octanol–water partition coefficient (Wildman–Crippen LogP) is 2.84. The number of benzene rings is 2. The van der Waals surface area contributed by atoms with Crippen LogP contribution in [0.4, 0.5) is 5.69 Å². The van der Waals surface area contributed by atoms with Crippen LogP contribution in [0.2, 0.25) is 0 Å². The Morgan fingerprint density at radius 3 is 2.60 bits per heavy atom. The standard InChI is InChI=1S/C19H20N2O4/c1-3-25-16-10-8-13(12-17(16)24-2)9-11-18(22)21-15-7-5-4-6-14(15)19(20)23/h4-12H,3H2,1-2H3,(H2,20,23)(H,21,22)/b11-9+. The zero-order valence-corrected chi connectivity index (χ0v) is 14.1. The van der Waals surface area contributed by atoms with Gasteiger partial charge in [-0.25, -0.2) is 0 Å². The molecule has 0 aromatic heterocycles. The van der Waals surface area contributed by atoms with E-state index >= 15 is 0 Å². The van der Waals surface area contributed by atoms with E-state index in [0.29, 0.717) is 23.8 Å². The van der Waals surface area contributed by atoms with E-state index in [1.807, 2.05) is 13.0 Å². The molecule has 0 spiro atoms. The summed E-state index contributed by atoms with van der Waals surface area (Å²) in [5.41, 5.74) is 6.69. The van der Waals surface area contributed by atoms with Gasteiger partial charge in [0.2, 0.25) is 5.91 Å². The molecule has 2 amide bonds. The number of para-hydroxylation sites is 1. The van der Waals surface area contributed by atoms with Crippen molar-refractivity contribution in [2.24, 2.45) is 5.73 Å². The topological polar surface area (TPSA) is 90.6 Å². The molecule has 3 N–H and O–H groups in total. The first-order valence-corrected chi connectivity index (χ1v) is 7.74. The summed E-state index contributed by atoms with van der Waals surface area (Å²) >= 11 is 0. The molecule has 0 saturated carbocycles. The van der Waals surface area contributed by atoms with Gasteiger partial charge in [0, 0.05) is 6.08 Å². The maximum Gasteiger partial charge on any atom is 0.250 e. The van der Waals surface area contributed by atoms with Gasteiger partial charge >= 0.3 is 0 Å². The van der Waals surface area contributed by atoms with Crippen LogP contribution in [0, 0.1) is 0 Å². The molecule has 0 heterocycles. The van der Waals surface area contributed by atoms with Gasteiger partial charge < -0.3 is 20.5 Å². The number of primary amides is 1. The fraction of sp³-hybridized carbons (Fsp3) is 0.158. The van der Waals surface area contributed by atoms with Gasteiger partial charge in [0.1, 0.15) is 0 Å². The quantitative estimate of drug-likeness (QED) is 0.758. The van der Waals surface area contributed by atoms with Crippen LogP contribution in [0.1, 0.15) is 22.8 Å². The molecule has 25 heavy (non-hydrogen) atoms. The highest BCUT2D eigenvalue weighted by atomic mass is 16.5. The van der Waals surface area contributed by atoms with Crippen molar-refractivity contribution in [3.63, 3.8) is 0 Å². The van der Waals surface area contributed by atoms with Crippen LogP contribution < -0.4 is 20.5 Å². The zero-order valence-electron chi connectivity index (χ0n) is 14.1. The number of nitrogens with two attached hydrogens (primary N) is 1. The highest BCUT2D eigenvalue weighted by Crippen LogP contribution is 2.28. The second-order valence-electron chi connectivity index (χ2n) is 5.08. The van der Waals surface area contributed by atoms with Crippen LogP contribution in [0.15, 0.2) is 48.5 Å². The van der Waals surface area contributed by atoms with E-state index in [1.165, 1.54) is 6.08 Å². The highest BCUT2D eigenvalue weighted by molar-refractivity contribution is 6.07. The molecule has 6 nitrogen and oxygen atoms in total. The Bertz CT molecular complexity index is 800. The van der Waals surface area contributed by atoms with Gasteiger partial charge in [-0.05, 0) is 42.8 Å². The number of nitrogens with one attached hydrogen (secondary N) is 1. The minimum atomic E-state index is -0.601. The highest BCUT2D eigenvalue weighted by Gasteiger charge is 2.09. The average molecular weight is 340 g/mol.